The standard InChI is InChI=1S/C18H14ClN5O/c1-11-10-16(22-17(25)12-6-2-3-7-13(12)19)24(23-11)18-20-14-8-4-5-9-15(14)21-18/h2-10H,1H3,(H2,20,21,22,23,25)/p+1. The third-order valence-electron chi connectivity index (χ3n) is 3.83. The first-order valence-electron chi connectivity index (χ1n) is 7.74. The van der Waals surface area contributed by atoms with Crippen molar-refractivity contribution in [2.75, 3.05) is 5.32 Å². The first kappa shape index (κ1) is 15.4. The number of hydrogen-bond acceptors (Lipinski definition) is 2. The Hall–Kier alpha value is -3.12. The number of imidazole rings is 1. The zero-order valence-electron chi connectivity index (χ0n) is 13.4. The van der Waals surface area contributed by atoms with E-state index in [9.17, 15) is 4.79 Å². The molecule has 0 aliphatic heterocycles. The average molecular weight is 353 g/mol. The monoisotopic (exact) mass is 352 g/mol. The van der Waals surface area contributed by atoms with E-state index in [1.807, 2.05) is 37.3 Å². The van der Waals surface area contributed by atoms with Crippen LogP contribution in [0.15, 0.2) is 54.6 Å². The van der Waals surface area contributed by atoms with E-state index >= 15 is 0 Å². The van der Waals surface area contributed by atoms with Crippen LogP contribution >= 0.6 is 11.6 Å². The van der Waals surface area contributed by atoms with Crippen LogP contribution in [0, 0.1) is 6.92 Å². The normalized spacial score (nSPS) is 11.0. The van der Waals surface area contributed by atoms with Gasteiger partial charge in [0.05, 0.1) is 10.6 Å². The molecule has 1 amide bonds. The second-order valence-corrected chi connectivity index (χ2v) is 6.08. The minimum Gasteiger partial charge on any atom is -0.258 e. The molecule has 0 spiro atoms. The van der Waals surface area contributed by atoms with Gasteiger partial charge in [-0.2, -0.15) is 0 Å². The summed E-state index contributed by atoms with van der Waals surface area (Å²) in [6.45, 7) is 1.91. The summed E-state index contributed by atoms with van der Waals surface area (Å²) in [5.74, 6) is 0.875. The summed E-state index contributed by atoms with van der Waals surface area (Å²) in [5.41, 5.74) is 3.07. The van der Waals surface area contributed by atoms with Crippen LogP contribution in [0.1, 0.15) is 16.1 Å². The van der Waals surface area contributed by atoms with Crippen molar-refractivity contribution in [3.8, 4) is 5.95 Å². The number of carbonyl (C=O) groups is 1. The van der Waals surface area contributed by atoms with Gasteiger partial charge in [0, 0.05) is 11.8 Å². The molecule has 0 bridgehead atoms. The number of halogens is 1. The molecular weight excluding hydrogens is 338 g/mol. The average Bonchev–Trinajstić information content (AvgIpc) is 3.18. The maximum atomic E-state index is 12.5. The minimum atomic E-state index is -0.283. The smallest absolute Gasteiger partial charge is 0.258 e. The van der Waals surface area contributed by atoms with E-state index in [1.165, 1.54) is 0 Å². The molecule has 7 heteroatoms. The Morgan fingerprint density at radius 3 is 2.72 bits per heavy atom. The van der Waals surface area contributed by atoms with Gasteiger partial charge in [-0.15, -0.1) is 9.67 Å². The molecule has 0 aliphatic rings. The number of aromatic amines is 2. The van der Waals surface area contributed by atoms with Crippen molar-refractivity contribution in [3.63, 3.8) is 0 Å². The van der Waals surface area contributed by atoms with E-state index in [-0.39, 0.29) is 5.91 Å². The van der Waals surface area contributed by atoms with Gasteiger partial charge in [-0.3, -0.25) is 20.2 Å². The largest absolute Gasteiger partial charge is 0.374 e. The molecule has 2 aromatic carbocycles. The van der Waals surface area contributed by atoms with E-state index < -0.39 is 0 Å². The summed E-state index contributed by atoms with van der Waals surface area (Å²) in [4.78, 5) is 20.3. The second kappa shape index (κ2) is 6.07. The van der Waals surface area contributed by atoms with Crippen LogP contribution in [-0.4, -0.2) is 21.0 Å². The molecule has 0 radical (unpaired) electrons. The highest BCUT2D eigenvalue weighted by molar-refractivity contribution is 6.34. The summed E-state index contributed by atoms with van der Waals surface area (Å²) < 4.78 is 1.70. The van der Waals surface area contributed by atoms with Crippen LogP contribution in [-0.2, 0) is 0 Å². The van der Waals surface area contributed by atoms with Crippen molar-refractivity contribution < 1.29 is 9.48 Å². The number of benzene rings is 2. The number of carbonyl (C=O) groups excluding carboxylic acids is 1. The highest BCUT2D eigenvalue weighted by Crippen LogP contribution is 2.17. The SMILES string of the molecule is Cc1cc(NC(=O)c2ccccc2Cl)[n+](-c2nc3ccccc3[nH]2)[nH]1. The van der Waals surface area contributed by atoms with E-state index in [1.54, 1.807) is 28.9 Å². The Morgan fingerprint density at radius 2 is 1.92 bits per heavy atom. The molecule has 0 saturated carbocycles. The van der Waals surface area contributed by atoms with Crippen LogP contribution in [0.25, 0.3) is 17.0 Å². The molecule has 0 saturated heterocycles. The quantitative estimate of drug-likeness (QED) is 0.494. The molecule has 4 rings (SSSR count). The Balaban J connectivity index is 1.72. The number of aryl methyl sites for hydroxylation is 1. The van der Waals surface area contributed by atoms with Gasteiger partial charge in [0.15, 0.2) is 5.52 Å². The number of nitrogens with zero attached hydrogens (tertiary/aromatic N) is 2. The summed E-state index contributed by atoms with van der Waals surface area (Å²) in [7, 11) is 0. The zero-order chi connectivity index (χ0) is 17.4. The van der Waals surface area contributed by atoms with Gasteiger partial charge in [-0.25, -0.2) is 0 Å². The van der Waals surface area contributed by atoms with Gasteiger partial charge in [-0.05, 0) is 31.2 Å². The van der Waals surface area contributed by atoms with E-state index in [0.29, 0.717) is 22.4 Å². The third-order valence-corrected chi connectivity index (χ3v) is 4.16. The minimum absolute atomic E-state index is 0.283. The molecule has 25 heavy (non-hydrogen) atoms. The number of H-pyrrole nitrogens is 2. The number of nitrogens with one attached hydrogen (secondary N) is 3. The summed E-state index contributed by atoms with van der Waals surface area (Å²) >= 11 is 6.11. The number of para-hydroxylation sites is 2. The molecule has 3 N–H and O–H groups in total. The van der Waals surface area contributed by atoms with Crippen molar-refractivity contribution in [2.24, 2.45) is 0 Å². The number of anilines is 1. The van der Waals surface area contributed by atoms with E-state index in [2.05, 4.69) is 20.4 Å². The molecule has 0 atom stereocenters. The highest BCUT2D eigenvalue weighted by Gasteiger charge is 2.21. The lowest BCUT2D eigenvalue weighted by Crippen LogP contribution is -2.38. The van der Waals surface area contributed by atoms with Gasteiger partial charge >= 0.3 is 5.95 Å². The summed E-state index contributed by atoms with van der Waals surface area (Å²) in [5, 5.41) is 6.45. The first-order chi connectivity index (χ1) is 12.1. The van der Waals surface area contributed by atoms with Crippen LogP contribution in [0.3, 0.4) is 0 Å². The predicted molar refractivity (Wildman–Crippen MR) is 96.1 cm³/mol. The maximum absolute atomic E-state index is 12.5. The third kappa shape index (κ3) is 2.88. The van der Waals surface area contributed by atoms with Crippen molar-refractivity contribution >= 4 is 34.4 Å². The van der Waals surface area contributed by atoms with E-state index in [4.69, 9.17) is 11.6 Å². The fourth-order valence-corrected chi connectivity index (χ4v) is 2.89. The number of fused-ring (bicyclic) bond motifs is 1. The van der Waals surface area contributed by atoms with Crippen LogP contribution in [0.5, 0.6) is 0 Å². The first-order valence-corrected chi connectivity index (χ1v) is 8.12. The Labute approximate surface area is 148 Å². The second-order valence-electron chi connectivity index (χ2n) is 5.67. The molecule has 0 aliphatic carbocycles. The van der Waals surface area contributed by atoms with Crippen LogP contribution < -0.4 is 10.00 Å². The lowest BCUT2D eigenvalue weighted by molar-refractivity contribution is -0.648. The van der Waals surface area contributed by atoms with Crippen molar-refractivity contribution in [2.45, 2.75) is 6.92 Å². The maximum Gasteiger partial charge on any atom is 0.374 e. The molecule has 124 valence electrons. The molecule has 0 unspecified atom stereocenters. The zero-order valence-corrected chi connectivity index (χ0v) is 14.1. The fraction of sp³-hybridized carbons (Fsp3) is 0.0556. The molecule has 2 heterocycles. The van der Waals surface area contributed by atoms with Gasteiger partial charge in [0.1, 0.15) is 5.52 Å². The van der Waals surface area contributed by atoms with Crippen molar-refractivity contribution in [1.29, 1.82) is 0 Å². The number of hydrogen-bond donors (Lipinski definition) is 3. The molecule has 6 nitrogen and oxygen atoms in total. The van der Waals surface area contributed by atoms with Gasteiger partial charge in [0.25, 0.3) is 5.91 Å². The lowest BCUT2D eigenvalue weighted by Gasteiger charge is -2.03. The number of amides is 1. The van der Waals surface area contributed by atoms with E-state index in [0.717, 1.165) is 16.7 Å². The Morgan fingerprint density at radius 1 is 1.16 bits per heavy atom. The van der Waals surface area contributed by atoms with Gasteiger partial charge in [0.2, 0.25) is 5.82 Å². The van der Waals surface area contributed by atoms with Crippen molar-refractivity contribution in [1.82, 2.24) is 15.1 Å². The highest BCUT2D eigenvalue weighted by atomic mass is 35.5. The number of rotatable bonds is 3. The molecule has 4 aromatic rings. The topological polar surface area (TPSA) is 77.5 Å². The van der Waals surface area contributed by atoms with Gasteiger partial charge < -0.3 is 0 Å². The van der Waals surface area contributed by atoms with Crippen molar-refractivity contribution in [3.05, 3.63) is 70.9 Å². The lowest BCUT2D eigenvalue weighted by atomic mass is 10.2. The summed E-state index contributed by atoms with van der Waals surface area (Å²) in [6, 6.07) is 16.5. The van der Waals surface area contributed by atoms with Crippen LogP contribution in [0.2, 0.25) is 5.02 Å². The van der Waals surface area contributed by atoms with Gasteiger partial charge in [-0.1, -0.05) is 35.9 Å². The Bertz CT molecular complexity index is 1050. The fourth-order valence-electron chi connectivity index (χ4n) is 2.67. The summed E-state index contributed by atoms with van der Waals surface area (Å²) in [6.07, 6.45) is 0. The Kier molecular flexibility index (Phi) is 3.74. The molecule has 0 fully saturated rings. The molecule has 2 aromatic heterocycles. The molecular formula is C18H15ClN5O+. The van der Waals surface area contributed by atoms with Crippen LogP contribution in [0.4, 0.5) is 5.82 Å². The predicted octanol–water partition coefficient (Wildman–Crippen LogP) is 3.38. The number of aromatic nitrogens is 4.